The second-order valence-electron chi connectivity index (χ2n) is 5.27. The van der Waals surface area contributed by atoms with Gasteiger partial charge in [0.05, 0.1) is 12.8 Å². The molecule has 0 atom stereocenters. The van der Waals surface area contributed by atoms with Crippen molar-refractivity contribution in [3.8, 4) is 5.75 Å². The van der Waals surface area contributed by atoms with Crippen LogP contribution in [0.4, 0.5) is 0 Å². The zero-order valence-electron chi connectivity index (χ0n) is 12.1. The van der Waals surface area contributed by atoms with Gasteiger partial charge in [0.25, 0.3) is 0 Å². The van der Waals surface area contributed by atoms with E-state index in [1.165, 1.54) is 22.5 Å². The number of rotatable bonds is 4. The molecule has 0 aliphatic carbocycles. The SMILES string of the molecule is COc1ccc(CCc2nn(C)c3c2CNCC3)cc1. The molecular formula is C16H21N3O. The number of benzene rings is 1. The molecule has 0 saturated heterocycles. The molecule has 1 aliphatic rings. The highest BCUT2D eigenvalue weighted by Crippen LogP contribution is 2.20. The van der Waals surface area contributed by atoms with Gasteiger partial charge < -0.3 is 10.1 Å². The van der Waals surface area contributed by atoms with Crippen molar-refractivity contribution in [2.75, 3.05) is 13.7 Å². The molecule has 106 valence electrons. The van der Waals surface area contributed by atoms with Crippen LogP contribution in [0.1, 0.15) is 22.5 Å². The molecule has 2 heterocycles. The number of hydrogen-bond acceptors (Lipinski definition) is 3. The van der Waals surface area contributed by atoms with E-state index in [4.69, 9.17) is 9.84 Å². The summed E-state index contributed by atoms with van der Waals surface area (Å²) in [6, 6.07) is 8.30. The van der Waals surface area contributed by atoms with E-state index in [1.807, 2.05) is 12.1 Å². The van der Waals surface area contributed by atoms with Crippen LogP contribution in [0.15, 0.2) is 24.3 Å². The molecule has 0 bridgehead atoms. The average molecular weight is 271 g/mol. The van der Waals surface area contributed by atoms with Gasteiger partial charge in [-0.1, -0.05) is 12.1 Å². The van der Waals surface area contributed by atoms with Crippen LogP contribution in [0.3, 0.4) is 0 Å². The monoisotopic (exact) mass is 271 g/mol. The molecular weight excluding hydrogens is 250 g/mol. The predicted molar refractivity (Wildman–Crippen MR) is 79.0 cm³/mol. The summed E-state index contributed by atoms with van der Waals surface area (Å²) in [6.45, 7) is 2.02. The number of aryl methyl sites for hydroxylation is 3. The van der Waals surface area contributed by atoms with Crippen LogP contribution in [-0.4, -0.2) is 23.4 Å². The Hall–Kier alpha value is -1.81. The third-order valence-corrected chi connectivity index (χ3v) is 4.01. The van der Waals surface area contributed by atoms with Gasteiger partial charge in [-0.2, -0.15) is 5.10 Å². The first-order valence-corrected chi connectivity index (χ1v) is 7.15. The van der Waals surface area contributed by atoms with E-state index in [0.29, 0.717) is 0 Å². The Balaban J connectivity index is 1.71. The molecule has 0 radical (unpaired) electrons. The Morgan fingerprint density at radius 3 is 2.80 bits per heavy atom. The lowest BCUT2D eigenvalue weighted by Gasteiger charge is -2.14. The Kier molecular flexibility index (Phi) is 3.74. The van der Waals surface area contributed by atoms with Crippen molar-refractivity contribution >= 4 is 0 Å². The van der Waals surface area contributed by atoms with Crippen LogP contribution in [-0.2, 0) is 32.9 Å². The highest BCUT2D eigenvalue weighted by molar-refractivity contribution is 5.31. The van der Waals surface area contributed by atoms with Gasteiger partial charge in [-0.3, -0.25) is 4.68 Å². The summed E-state index contributed by atoms with van der Waals surface area (Å²) in [6.07, 6.45) is 3.10. The highest BCUT2D eigenvalue weighted by Gasteiger charge is 2.18. The minimum absolute atomic E-state index is 0.910. The largest absolute Gasteiger partial charge is 0.497 e. The summed E-state index contributed by atoms with van der Waals surface area (Å²) >= 11 is 0. The molecule has 0 saturated carbocycles. The summed E-state index contributed by atoms with van der Waals surface area (Å²) in [5, 5.41) is 8.13. The summed E-state index contributed by atoms with van der Waals surface area (Å²) in [4.78, 5) is 0. The number of nitrogens with zero attached hydrogens (tertiary/aromatic N) is 2. The Labute approximate surface area is 119 Å². The maximum absolute atomic E-state index is 5.19. The van der Waals surface area contributed by atoms with Gasteiger partial charge in [-0.05, 0) is 30.5 Å². The van der Waals surface area contributed by atoms with Crippen molar-refractivity contribution in [2.24, 2.45) is 7.05 Å². The van der Waals surface area contributed by atoms with Crippen LogP contribution in [0.2, 0.25) is 0 Å². The normalized spacial score (nSPS) is 14.1. The first-order valence-electron chi connectivity index (χ1n) is 7.15. The van der Waals surface area contributed by atoms with Gasteiger partial charge in [0.1, 0.15) is 5.75 Å². The third-order valence-electron chi connectivity index (χ3n) is 4.01. The molecule has 1 N–H and O–H groups in total. The lowest BCUT2D eigenvalue weighted by Crippen LogP contribution is -2.24. The summed E-state index contributed by atoms with van der Waals surface area (Å²) in [7, 11) is 3.75. The first-order chi connectivity index (χ1) is 9.78. The molecule has 1 aromatic carbocycles. The molecule has 1 aromatic heterocycles. The van der Waals surface area contributed by atoms with Gasteiger partial charge in [-0.25, -0.2) is 0 Å². The highest BCUT2D eigenvalue weighted by atomic mass is 16.5. The fraction of sp³-hybridized carbons (Fsp3) is 0.438. The number of aromatic nitrogens is 2. The minimum atomic E-state index is 0.910. The van der Waals surface area contributed by atoms with Crippen LogP contribution in [0.5, 0.6) is 5.75 Å². The smallest absolute Gasteiger partial charge is 0.118 e. The summed E-state index contributed by atoms with van der Waals surface area (Å²) in [5.41, 5.74) is 5.38. The maximum atomic E-state index is 5.19. The van der Waals surface area contributed by atoms with E-state index in [9.17, 15) is 0 Å². The van der Waals surface area contributed by atoms with Gasteiger partial charge in [0.15, 0.2) is 0 Å². The zero-order valence-corrected chi connectivity index (χ0v) is 12.1. The topological polar surface area (TPSA) is 39.1 Å². The molecule has 3 rings (SSSR count). The van der Waals surface area contributed by atoms with E-state index in [0.717, 1.165) is 38.1 Å². The van der Waals surface area contributed by atoms with Crippen molar-refractivity contribution in [1.29, 1.82) is 0 Å². The van der Waals surface area contributed by atoms with Gasteiger partial charge in [0, 0.05) is 37.8 Å². The lowest BCUT2D eigenvalue weighted by molar-refractivity contribution is 0.414. The van der Waals surface area contributed by atoms with Gasteiger partial charge in [-0.15, -0.1) is 0 Å². The first kappa shape index (κ1) is 13.2. The average Bonchev–Trinajstić information content (AvgIpc) is 2.83. The summed E-state index contributed by atoms with van der Waals surface area (Å²) < 4.78 is 7.24. The van der Waals surface area contributed by atoms with E-state index in [-0.39, 0.29) is 0 Å². The van der Waals surface area contributed by atoms with Crippen LogP contribution >= 0.6 is 0 Å². The molecule has 0 fully saturated rings. The van der Waals surface area contributed by atoms with Crippen molar-refractivity contribution in [3.63, 3.8) is 0 Å². The van der Waals surface area contributed by atoms with E-state index < -0.39 is 0 Å². The minimum Gasteiger partial charge on any atom is -0.497 e. The number of hydrogen-bond donors (Lipinski definition) is 1. The van der Waals surface area contributed by atoms with Crippen molar-refractivity contribution in [2.45, 2.75) is 25.8 Å². The van der Waals surface area contributed by atoms with Crippen molar-refractivity contribution in [1.82, 2.24) is 15.1 Å². The maximum Gasteiger partial charge on any atom is 0.118 e. The molecule has 0 amide bonds. The lowest BCUT2D eigenvalue weighted by atomic mass is 10.0. The van der Waals surface area contributed by atoms with E-state index in [2.05, 4.69) is 29.2 Å². The number of ether oxygens (including phenoxy) is 1. The number of methoxy groups -OCH3 is 1. The van der Waals surface area contributed by atoms with E-state index >= 15 is 0 Å². The second kappa shape index (κ2) is 5.67. The molecule has 0 unspecified atom stereocenters. The molecule has 0 spiro atoms. The Morgan fingerprint density at radius 2 is 2.05 bits per heavy atom. The van der Waals surface area contributed by atoms with E-state index in [1.54, 1.807) is 7.11 Å². The van der Waals surface area contributed by atoms with Gasteiger partial charge >= 0.3 is 0 Å². The zero-order chi connectivity index (χ0) is 13.9. The fourth-order valence-electron chi connectivity index (χ4n) is 2.86. The van der Waals surface area contributed by atoms with Crippen LogP contribution in [0.25, 0.3) is 0 Å². The van der Waals surface area contributed by atoms with Crippen LogP contribution < -0.4 is 10.1 Å². The number of fused-ring (bicyclic) bond motifs is 1. The second-order valence-corrected chi connectivity index (χ2v) is 5.27. The molecule has 4 nitrogen and oxygen atoms in total. The Bertz CT molecular complexity index is 587. The molecule has 1 aliphatic heterocycles. The number of nitrogens with one attached hydrogen (secondary N) is 1. The Morgan fingerprint density at radius 1 is 1.25 bits per heavy atom. The fourth-order valence-corrected chi connectivity index (χ4v) is 2.86. The van der Waals surface area contributed by atoms with Crippen molar-refractivity contribution < 1.29 is 4.74 Å². The standard InChI is InChI=1S/C16H21N3O/c1-19-16-9-10-17-11-14(16)15(18-19)8-5-12-3-6-13(20-2)7-4-12/h3-4,6-7,17H,5,8-11H2,1-2H3. The van der Waals surface area contributed by atoms with Crippen molar-refractivity contribution in [3.05, 3.63) is 46.8 Å². The molecule has 20 heavy (non-hydrogen) atoms. The third kappa shape index (κ3) is 2.56. The van der Waals surface area contributed by atoms with Crippen LogP contribution in [0, 0.1) is 0 Å². The molecule has 2 aromatic rings. The van der Waals surface area contributed by atoms with Gasteiger partial charge in [0.2, 0.25) is 0 Å². The predicted octanol–water partition coefficient (Wildman–Crippen LogP) is 1.86. The quantitative estimate of drug-likeness (QED) is 0.922. The molecule has 4 heteroatoms. The summed E-state index contributed by atoms with van der Waals surface area (Å²) in [5.74, 6) is 0.910.